The zero-order valence-electron chi connectivity index (χ0n) is 33.8. The van der Waals surface area contributed by atoms with Crippen LogP contribution in [0.15, 0.2) is 155 Å². The molecular weight excluding hydrogens is 693 g/mol. The second-order valence-electron chi connectivity index (χ2n) is 16.7. The van der Waals surface area contributed by atoms with E-state index in [9.17, 15) is 0 Å². The van der Waals surface area contributed by atoms with Crippen LogP contribution in [-0.2, 0) is 5.41 Å². The number of furan rings is 1. The summed E-state index contributed by atoms with van der Waals surface area (Å²) in [5.41, 5.74) is 16.0. The van der Waals surface area contributed by atoms with Gasteiger partial charge in [-0.05, 0) is 112 Å². The molecule has 0 saturated heterocycles. The number of fused-ring (bicyclic) bond motifs is 4. The summed E-state index contributed by atoms with van der Waals surface area (Å²) in [5, 5.41) is 6.43. The number of nitrogens with zero attached hydrogens (tertiary/aromatic N) is 1. The number of nitrogens with one attached hydrogen (secondary N) is 1. The molecule has 5 aromatic carbocycles. The molecule has 0 saturated carbocycles. The molecule has 1 aromatic heterocycles. The normalized spacial score (nSPS) is 22.5. The number of hydrogen-bond donors (Lipinski definition) is 1. The number of rotatable bonds is 8. The average molecular weight is 745 g/mol. The quantitative estimate of drug-likeness (QED) is 0.168. The van der Waals surface area contributed by atoms with Gasteiger partial charge in [-0.15, -0.1) is 0 Å². The second kappa shape index (κ2) is 15.3. The molecule has 0 fully saturated rings. The van der Waals surface area contributed by atoms with Crippen LogP contribution in [0.25, 0.3) is 45.2 Å². The third-order valence-corrected chi connectivity index (χ3v) is 12.5. The molecule has 3 unspecified atom stereocenters. The number of aryl methyl sites for hydroxylation is 1. The summed E-state index contributed by atoms with van der Waals surface area (Å²) in [6.45, 7) is 11.3. The summed E-state index contributed by atoms with van der Waals surface area (Å²) >= 11 is 0. The molecule has 3 heteroatoms. The third kappa shape index (κ3) is 6.89. The Hall–Kier alpha value is -5.77. The fourth-order valence-corrected chi connectivity index (χ4v) is 9.73. The second-order valence-corrected chi connectivity index (χ2v) is 16.7. The number of aliphatic imine (C=N–C) groups is 1. The lowest BCUT2D eigenvalue weighted by Gasteiger charge is -2.39. The molecule has 6 aromatic rings. The molecule has 0 radical (unpaired) electrons. The molecule has 2 heterocycles. The van der Waals surface area contributed by atoms with Crippen molar-refractivity contribution in [2.24, 2.45) is 16.8 Å². The molecule has 0 amide bonds. The highest BCUT2D eigenvalue weighted by Crippen LogP contribution is 2.46. The van der Waals surface area contributed by atoms with E-state index >= 15 is 0 Å². The fraction of sp³-hybridized carbons (Fsp3) is 0.241. The van der Waals surface area contributed by atoms with Crippen molar-refractivity contribution in [1.29, 1.82) is 0 Å². The standard InChI is InChI=1S/C54H52N2O/c1-6-18-36-29-30-47-49(35(36)3)50-40(24-17-26-42-34-54(4,5)46-28-15-14-27-45(42)46)32-43(33-48(50)57-47)52-44(7-2)51(55-53(56-52)38-21-12-9-13-22-38)41-25-16-23-39(31-41)37-19-10-8-11-20-37/h6,8-24,26-33,41,44,52-53,56H,7,25,34H2,1-5H3/b18-6-,24-17+,42-26+/t41?,44-,52?,53?/m1/s1. The molecule has 0 spiro atoms. The van der Waals surface area contributed by atoms with Crippen LogP contribution in [0.3, 0.4) is 0 Å². The van der Waals surface area contributed by atoms with Crippen LogP contribution in [0, 0.1) is 18.8 Å². The highest BCUT2D eigenvalue weighted by Gasteiger charge is 2.37. The summed E-state index contributed by atoms with van der Waals surface area (Å²) < 4.78 is 6.83. The molecule has 2 aliphatic carbocycles. The van der Waals surface area contributed by atoms with Crippen molar-refractivity contribution in [3.05, 3.63) is 190 Å². The van der Waals surface area contributed by atoms with Crippen molar-refractivity contribution in [2.45, 2.75) is 71.5 Å². The minimum absolute atomic E-state index is 0.0255. The molecule has 57 heavy (non-hydrogen) atoms. The van der Waals surface area contributed by atoms with E-state index in [0.29, 0.717) is 0 Å². The maximum absolute atomic E-state index is 6.83. The van der Waals surface area contributed by atoms with Gasteiger partial charge in [0.15, 0.2) is 0 Å². The molecule has 1 aliphatic heterocycles. The summed E-state index contributed by atoms with van der Waals surface area (Å²) in [5.74, 6) is 0.397. The summed E-state index contributed by atoms with van der Waals surface area (Å²) in [7, 11) is 0. The highest BCUT2D eigenvalue weighted by molar-refractivity contribution is 6.11. The molecule has 0 bridgehead atoms. The number of benzene rings is 5. The Balaban J connectivity index is 1.19. The van der Waals surface area contributed by atoms with E-state index in [1.165, 1.54) is 72.1 Å². The number of hydrogen-bond acceptors (Lipinski definition) is 3. The predicted octanol–water partition coefficient (Wildman–Crippen LogP) is 14.2. The predicted molar refractivity (Wildman–Crippen MR) is 242 cm³/mol. The van der Waals surface area contributed by atoms with Crippen LogP contribution >= 0.6 is 0 Å². The Kier molecular flexibility index (Phi) is 9.88. The van der Waals surface area contributed by atoms with E-state index < -0.39 is 0 Å². The summed E-state index contributed by atoms with van der Waals surface area (Å²) in [6, 6.07) is 39.5. The van der Waals surface area contributed by atoms with Crippen LogP contribution < -0.4 is 5.32 Å². The first-order valence-electron chi connectivity index (χ1n) is 20.7. The van der Waals surface area contributed by atoms with Gasteiger partial charge in [-0.1, -0.05) is 160 Å². The molecule has 1 N–H and O–H groups in total. The first-order chi connectivity index (χ1) is 27.8. The molecule has 3 aliphatic rings. The van der Waals surface area contributed by atoms with Crippen molar-refractivity contribution in [3.8, 4) is 0 Å². The lowest BCUT2D eigenvalue weighted by atomic mass is 9.76. The number of allylic oxidation sites excluding steroid dienone is 8. The minimum Gasteiger partial charge on any atom is -0.456 e. The maximum Gasteiger partial charge on any atom is 0.136 e. The van der Waals surface area contributed by atoms with Gasteiger partial charge in [0.1, 0.15) is 17.3 Å². The first kappa shape index (κ1) is 36.8. The smallest absolute Gasteiger partial charge is 0.136 e. The highest BCUT2D eigenvalue weighted by atomic mass is 16.3. The van der Waals surface area contributed by atoms with Gasteiger partial charge in [0.2, 0.25) is 0 Å². The van der Waals surface area contributed by atoms with Crippen LogP contribution in [0.5, 0.6) is 0 Å². The lowest BCUT2D eigenvalue weighted by molar-refractivity contribution is 0.348. The van der Waals surface area contributed by atoms with Crippen molar-refractivity contribution in [2.75, 3.05) is 0 Å². The van der Waals surface area contributed by atoms with Gasteiger partial charge in [0, 0.05) is 34.4 Å². The Labute approximate surface area is 337 Å². The van der Waals surface area contributed by atoms with Gasteiger partial charge in [-0.25, -0.2) is 0 Å². The van der Waals surface area contributed by atoms with Gasteiger partial charge in [-0.3, -0.25) is 10.3 Å². The molecular formula is C54H52N2O. The van der Waals surface area contributed by atoms with Gasteiger partial charge < -0.3 is 4.42 Å². The van der Waals surface area contributed by atoms with Gasteiger partial charge in [-0.2, -0.15) is 0 Å². The Morgan fingerprint density at radius 2 is 1.60 bits per heavy atom. The van der Waals surface area contributed by atoms with E-state index in [-0.39, 0.29) is 29.5 Å². The Bertz CT molecular complexity index is 2650. The fourth-order valence-electron chi connectivity index (χ4n) is 9.73. The maximum atomic E-state index is 6.83. The minimum atomic E-state index is -0.167. The van der Waals surface area contributed by atoms with E-state index in [4.69, 9.17) is 9.41 Å². The topological polar surface area (TPSA) is 37.5 Å². The SMILES string of the molecule is C/C=C\c1ccc2oc3cc(C4NC(c5ccccc5)N=C(C5C=C(c6ccccc6)C=CC5)[C@H]4CC)cc(/C=C/C=C4\CC(C)(C)c5ccccc54)c3c2c1C. The monoisotopic (exact) mass is 744 g/mol. The molecule has 4 atom stereocenters. The molecule has 3 nitrogen and oxygen atoms in total. The summed E-state index contributed by atoms with van der Waals surface area (Å²) in [4.78, 5) is 5.59. The van der Waals surface area contributed by atoms with Gasteiger partial charge in [0.25, 0.3) is 0 Å². The zero-order valence-corrected chi connectivity index (χ0v) is 33.8. The van der Waals surface area contributed by atoms with Crippen molar-refractivity contribution >= 4 is 50.9 Å². The van der Waals surface area contributed by atoms with E-state index in [1.807, 2.05) is 0 Å². The van der Waals surface area contributed by atoms with Crippen LogP contribution in [0.4, 0.5) is 0 Å². The third-order valence-electron chi connectivity index (χ3n) is 12.5. The van der Waals surface area contributed by atoms with Gasteiger partial charge in [0.05, 0.1) is 0 Å². The van der Waals surface area contributed by atoms with E-state index in [1.54, 1.807) is 0 Å². The van der Waals surface area contributed by atoms with Crippen molar-refractivity contribution in [1.82, 2.24) is 5.32 Å². The lowest BCUT2D eigenvalue weighted by Crippen LogP contribution is -2.42. The van der Waals surface area contributed by atoms with Gasteiger partial charge >= 0.3 is 0 Å². The molecule has 284 valence electrons. The van der Waals surface area contributed by atoms with Crippen LogP contribution in [0.2, 0.25) is 0 Å². The Morgan fingerprint density at radius 1 is 0.825 bits per heavy atom. The largest absolute Gasteiger partial charge is 0.456 e. The zero-order chi connectivity index (χ0) is 39.1. The van der Waals surface area contributed by atoms with E-state index in [0.717, 1.165) is 30.4 Å². The first-order valence-corrected chi connectivity index (χ1v) is 20.7. The summed E-state index contributed by atoms with van der Waals surface area (Å²) in [6.07, 6.45) is 21.1. The Morgan fingerprint density at radius 3 is 2.39 bits per heavy atom. The van der Waals surface area contributed by atoms with Crippen molar-refractivity contribution < 1.29 is 4.42 Å². The van der Waals surface area contributed by atoms with Crippen LogP contribution in [-0.4, -0.2) is 5.71 Å². The van der Waals surface area contributed by atoms with E-state index in [2.05, 4.69) is 198 Å². The van der Waals surface area contributed by atoms with Crippen LogP contribution in [0.1, 0.15) is 104 Å². The average Bonchev–Trinajstić information content (AvgIpc) is 3.76. The van der Waals surface area contributed by atoms with Crippen molar-refractivity contribution in [3.63, 3.8) is 0 Å². The molecule has 9 rings (SSSR count).